The molecule has 7 heteroatoms. The van der Waals surface area contributed by atoms with Crippen molar-refractivity contribution in [2.75, 3.05) is 39.5 Å². The molecule has 2 rings (SSSR count). The van der Waals surface area contributed by atoms with Crippen molar-refractivity contribution < 1.29 is 8.42 Å². The summed E-state index contributed by atoms with van der Waals surface area (Å²) >= 11 is 6.03. The van der Waals surface area contributed by atoms with Crippen LogP contribution in [0.15, 0.2) is 23.1 Å². The molecule has 0 unspecified atom stereocenters. The average molecular weight is 332 g/mol. The van der Waals surface area contributed by atoms with E-state index in [0.717, 1.165) is 25.9 Å². The summed E-state index contributed by atoms with van der Waals surface area (Å²) in [7, 11) is 0.132. The first-order valence-corrected chi connectivity index (χ1v) is 8.82. The van der Waals surface area contributed by atoms with E-state index in [0.29, 0.717) is 18.2 Å². The van der Waals surface area contributed by atoms with Gasteiger partial charge < -0.3 is 10.6 Å². The Labute approximate surface area is 131 Å². The molecule has 1 fully saturated rings. The zero-order valence-corrected chi connectivity index (χ0v) is 14.0. The fourth-order valence-corrected chi connectivity index (χ4v) is 4.37. The molecule has 1 saturated heterocycles. The summed E-state index contributed by atoms with van der Waals surface area (Å²) in [5, 5.41) is 0.172. The first-order chi connectivity index (χ1) is 9.80. The Bertz CT molecular complexity index is 598. The number of nitrogens with zero attached hydrogens (tertiary/aromatic N) is 2. The van der Waals surface area contributed by atoms with Crippen LogP contribution in [-0.4, -0.2) is 51.4 Å². The van der Waals surface area contributed by atoms with Gasteiger partial charge in [-0.3, -0.25) is 0 Å². The molecule has 1 aromatic carbocycles. The largest absolute Gasteiger partial charge is 0.399 e. The van der Waals surface area contributed by atoms with Crippen molar-refractivity contribution in [2.24, 2.45) is 5.92 Å². The van der Waals surface area contributed by atoms with Crippen LogP contribution in [-0.2, 0) is 10.0 Å². The zero-order valence-electron chi connectivity index (χ0n) is 12.4. The summed E-state index contributed by atoms with van der Waals surface area (Å²) in [6.45, 7) is 2.55. The number of hydrogen-bond donors (Lipinski definition) is 1. The molecule has 0 aliphatic carbocycles. The molecule has 1 aliphatic rings. The predicted molar refractivity (Wildman–Crippen MR) is 85.9 cm³/mol. The van der Waals surface area contributed by atoms with Crippen LogP contribution < -0.4 is 5.73 Å². The first-order valence-electron chi connectivity index (χ1n) is 7.00. The van der Waals surface area contributed by atoms with Crippen molar-refractivity contribution in [2.45, 2.75) is 17.7 Å². The fourth-order valence-electron chi connectivity index (χ4n) is 2.60. The number of benzene rings is 1. The van der Waals surface area contributed by atoms with Crippen molar-refractivity contribution >= 4 is 27.3 Å². The third-order valence-corrected chi connectivity index (χ3v) is 6.30. The second kappa shape index (κ2) is 6.52. The summed E-state index contributed by atoms with van der Waals surface area (Å²) in [6, 6.07) is 4.50. The summed E-state index contributed by atoms with van der Waals surface area (Å²) in [4.78, 5) is 2.38. The molecule has 0 saturated carbocycles. The van der Waals surface area contributed by atoms with Gasteiger partial charge >= 0.3 is 0 Å². The van der Waals surface area contributed by atoms with Gasteiger partial charge in [0.05, 0.1) is 5.02 Å². The van der Waals surface area contributed by atoms with Gasteiger partial charge in [-0.25, -0.2) is 12.7 Å². The number of hydrogen-bond acceptors (Lipinski definition) is 4. The van der Waals surface area contributed by atoms with Crippen LogP contribution >= 0.6 is 11.6 Å². The Morgan fingerprint density at radius 1 is 1.38 bits per heavy atom. The standard InChI is InChI=1S/C14H22ClN3O2S/c1-17-7-5-11(6-8-17)10-18(2)21(19,20)14-4-3-12(16)9-13(14)15/h3-4,9,11H,5-8,10,16H2,1-2H3. The molecule has 1 heterocycles. The monoisotopic (exact) mass is 331 g/mol. The quantitative estimate of drug-likeness (QED) is 0.855. The lowest BCUT2D eigenvalue weighted by Gasteiger charge is -2.31. The molecule has 21 heavy (non-hydrogen) atoms. The van der Waals surface area contributed by atoms with Crippen LogP contribution in [0.2, 0.25) is 5.02 Å². The smallest absolute Gasteiger partial charge is 0.244 e. The fraction of sp³-hybridized carbons (Fsp3) is 0.571. The van der Waals surface area contributed by atoms with Gasteiger partial charge in [0, 0.05) is 19.3 Å². The Balaban J connectivity index is 2.11. The van der Waals surface area contributed by atoms with Crippen LogP contribution in [0.4, 0.5) is 5.69 Å². The lowest BCUT2D eigenvalue weighted by atomic mass is 9.97. The number of halogens is 1. The summed E-state index contributed by atoms with van der Waals surface area (Å²) in [5.74, 6) is 0.397. The lowest BCUT2D eigenvalue weighted by Crippen LogP contribution is -2.38. The van der Waals surface area contributed by atoms with Gasteiger partial charge in [-0.05, 0) is 57.1 Å². The minimum absolute atomic E-state index is 0.119. The number of rotatable bonds is 4. The number of nitrogens with two attached hydrogens (primary N) is 1. The third-order valence-electron chi connectivity index (χ3n) is 4.00. The molecule has 1 aliphatic heterocycles. The number of anilines is 1. The average Bonchev–Trinajstić information content (AvgIpc) is 2.40. The normalized spacial score (nSPS) is 18.3. The molecular formula is C14H22ClN3O2S. The second-order valence-corrected chi connectivity index (χ2v) is 8.14. The Morgan fingerprint density at radius 3 is 2.57 bits per heavy atom. The minimum atomic E-state index is -3.57. The van der Waals surface area contributed by atoms with E-state index < -0.39 is 10.0 Å². The van der Waals surface area contributed by atoms with Gasteiger partial charge in [0.25, 0.3) is 0 Å². The van der Waals surface area contributed by atoms with Gasteiger partial charge in [-0.2, -0.15) is 0 Å². The number of piperidine rings is 1. The Kier molecular flexibility index (Phi) is 5.14. The Morgan fingerprint density at radius 2 is 2.00 bits per heavy atom. The molecule has 0 spiro atoms. The first kappa shape index (κ1) is 16.5. The van der Waals surface area contributed by atoms with Gasteiger partial charge in [0.15, 0.2) is 0 Å². The SMILES string of the molecule is CN1CCC(CN(C)S(=O)(=O)c2ccc(N)cc2Cl)CC1. The maximum absolute atomic E-state index is 12.6. The van der Waals surface area contributed by atoms with Crippen LogP contribution in [0.25, 0.3) is 0 Å². The number of likely N-dealkylation sites (tertiary alicyclic amines) is 1. The molecule has 0 amide bonds. The van der Waals surface area contributed by atoms with Gasteiger partial charge in [-0.15, -0.1) is 0 Å². The maximum atomic E-state index is 12.6. The van der Waals surface area contributed by atoms with Crippen molar-refractivity contribution in [1.29, 1.82) is 0 Å². The van der Waals surface area contributed by atoms with Gasteiger partial charge in [0.2, 0.25) is 10.0 Å². The number of nitrogen functional groups attached to an aromatic ring is 1. The third kappa shape index (κ3) is 3.88. The highest BCUT2D eigenvalue weighted by Crippen LogP contribution is 2.27. The van der Waals surface area contributed by atoms with E-state index in [1.165, 1.54) is 16.4 Å². The van der Waals surface area contributed by atoms with E-state index in [1.54, 1.807) is 13.1 Å². The molecule has 118 valence electrons. The second-order valence-electron chi connectivity index (χ2n) is 5.72. The zero-order chi connectivity index (χ0) is 15.6. The molecule has 0 aromatic heterocycles. The molecule has 0 bridgehead atoms. The molecule has 0 radical (unpaired) electrons. The number of sulfonamides is 1. The van der Waals surface area contributed by atoms with E-state index in [1.807, 2.05) is 0 Å². The highest BCUT2D eigenvalue weighted by molar-refractivity contribution is 7.89. The molecule has 2 N–H and O–H groups in total. The van der Waals surface area contributed by atoms with Crippen molar-refractivity contribution in [3.63, 3.8) is 0 Å². The summed E-state index contributed by atoms with van der Waals surface area (Å²) in [6.07, 6.45) is 2.04. The van der Waals surface area contributed by atoms with E-state index in [2.05, 4.69) is 11.9 Å². The van der Waals surface area contributed by atoms with E-state index in [9.17, 15) is 8.42 Å². The van der Waals surface area contributed by atoms with Crippen molar-refractivity contribution in [3.05, 3.63) is 23.2 Å². The summed E-state index contributed by atoms with van der Waals surface area (Å²) < 4.78 is 26.6. The van der Waals surface area contributed by atoms with E-state index in [-0.39, 0.29) is 9.92 Å². The van der Waals surface area contributed by atoms with Crippen LogP contribution in [0.3, 0.4) is 0 Å². The van der Waals surface area contributed by atoms with E-state index >= 15 is 0 Å². The van der Waals surface area contributed by atoms with Crippen molar-refractivity contribution in [1.82, 2.24) is 9.21 Å². The molecule has 5 nitrogen and oxygen atoms in total. The molecule has 0 atom stereocenters. The molecule has 1 aromatic rings. The maximum Gasteiger partial charge on any atom is 0.244 e. The highest BCUT2D eigenvalue weighted by atomic mass is 35.5. The lowest BCUT2D eigenvalue weighted by molar-refractivity contribution is 0.202. The topological polar surface area (TPSA) is 66.6 Å². The van der Waals surface area contributed by atoms with Crippen molar-refractivity contribution in [3.8, 4) is 0 Å². The predicted octanol–water partition coefficient (Wildman–Crippen LogP) is 1.88. The minimum Gasteiger partial charge on any atom is -0.399 e. The van der Waals surface area contributed by atoms with Gasteiger partial charge in [0.1, 0.15) is 4.90 Å². The van der Waals surface area contributed by atoms with Crippen LogP contribution in [0.5, 0.6) is 0 Å². The van der Waals surface area contributed by atoms with Crippen LogP contribution in [0.1, 0.15) is 12.8 Å². The highest BCUT2D eigenvalue weighted by Gasteiger charge is 2.27. The Hall–Kier alpha value is -0.820. The van der Waals surface area contributed by atoms with E-state index in [4.69, 9.17) is 17.3 Å². The summed E-state index contributed by atoms with van der Waals surface area (Å²) in [5.41, 5.74) is 6.07. The molecular weight excluding hydrogens is 310 g/mol. The van der Waals surface area contributed by atoms with Crippen LogP contribution in [0, 0.1) is 5.92 Å². The van der Waals surface area contributed by atoms with Gasteiger partial charge in [-0.1, -0.05) is 11.6 Å².